The highest BCUT2D eigenvalue weighted by Crippen LogP contribution is 2.30. The maximum atomic E-state index is 11.8. The van der Waals surface area contributed by atoms with E-state index >= 15 is 0 Å². The molecule has 0 amide bonds. The van der Waals surface area contributed by atoms with Gasteiger partial charge in [0.1, 0.15) is 23.6 Å². The van der Waals surface area contributed by atoms with Crippen LogP contribution in [-0.4, -0.2) is 69.1 Å². The van der Waals surface area contributed by atoms with Crippen LogP contribution in [0.5, 0.6) is 0 Å². The van der Waals surface area contributed by atoms with Crippen LogP contribution in [0, 0.1) is 0 Å². The Morgan fingerprint density at radius 1 is 1.57 bits per heavy atom. The number of nitrogens with zero attached hydrogens (tertiary/aromatic N) is 2. The molecule has 1 aromatic heterocycles. The minimum absolute atomic E-state index is 0.0176. The lowest BCUT2D eigenvalue weighted by Crippen LogP contribution is -2.52. The first kappa shape index (κ1) is 15.9. The number of nitrogens with two attached hydrogens (primary N) is 1. The van der Waals surface area contributed by atoms with Crippen LogP contribution in [0.25, 0.3) is 0 Å². The molecular weight excluding hydrogens is 282 g/mol. The normalized spacial score (nSPS) is 28.9. The molecule has 0 aliphatic carbocycles. The van der Waals surface area contributed by atoms with Gasteiger partial charge in [-0.25, -0.2) is 4.79 Å². The van der Waals surface area contributed by atoms with E-state index in [4.69, 9.17) is 25.4 Å². The zero-order chi connectivity index (χ0) is 15.5. The van der Waals surface area contributed by atoms with Crippen LogP contribution in [0.4, 0.5) is 5.82 Å². The third-order valence-electron chi connectivity index (χ3n) is 3.43. The topological polar surface area (TPSA) is 140 Å². The first-order valence-corrected chi connectivity index (χ1v) is 6.51. The predicted octanol–water partition coefficient (Wildman–Crippen LogP) is -2.67. The lowest BCUT2D eigenvalue weighted by atomic mass is 9.96. The Labute approximate surface area is 120 Å². The van der Waals surface area contributed by atoms with Crippen LogP contribution in [0.3, 0.4) is 0 Å². The van der Waals surface area contributed by atoms with Crippen molar-refractivity contribution in [2.75, 3.05) is 32.2 Å². The monoisotopic (exact) mass is 301 g/mol. The van der Waals surface area contributed by atoms with Crippen molar-refractivity contribution < 1.29 is 24.8 Å². The Bertz CT molecular complexity index is 536. The average molecular weight is 301 g/mol. The summed E-state index contributed by atoms with van der Waals surface area (Å²) < 4.78 is 12.1. The average Bonchev–Trinajstić information content (AvgIpc) is 2.77. The highest BCUT2D eigenvalue weighted by atomic mass is 16.6. The van der Waals surface area contributed by atoms with Crippen molar-refractivity contribution in [3.8, 4) is 0 Å². The van der Waals surface area contributed by atoms with Crippen LogP contribution in [-0.2, 0) is 16.0 Å². The SMILES string of the molecule is Nc1ccn(CC2(OCCO)CO[C@H](CO)C2O)c(=O)n1. The Hall–Kier alpha value is -1.52. The van der Waals surface area contributed by atoms with E-state index in [2.05, 4.69) is 4.98 Å². The molecule has 1 saturated heterocycles. The van der Waals surface area contributed by atoms with Crippen molar-refractivity contribution in [1.82, 2.24) is 9.55 Å². The molecule has 2 unspecified atom stereocenters. The second-order valence-corrected chi connectivity index (χ2v) is 4.88. The summed E-state index contributed by atoms with van der Waals surface area (Å²) in [6.07, 6.45) is -0.507. The van der Waals surface area contributed by atoms with Gasteiger partial charge in [-0.2, -0.15) is 4.98 Å². The summed E-state index contributed by atoms with van der Waals surface area (Å²) in [7, 11) is 0. The number of aliphatic hydroxyl groups excluding tert-OH is 3. The van der Waals surface area contributed by atoms with Crippen molar-refractivity contribution in [2.45, 2.75) is 24.4 Å². The zero-order valence-electron chi connectivity index (χ0n) is 11.4. The fraction of sp³-hybridized carbons (Fsp3) is 0.667. The van der Waals surface area contributed by atoms with Gasteiger partial charge in [0.15, 0.2) is 0 Å². The van der Waals surface area contributed by atoms with E-state index in [1.807, 2.05) is 0 Å². The Kier molecular flexibility index (Phi) is 4.91. The Morgan fingerprint density at radius 2 is 2.33 bits per heavy atom. The van der Waals surface area contributed by atoms with Crippen molar-refractivity contribution in [3.05, 3.63) is 22.7 Å². The third kappa shape index (κ3) is 3.22. The summed E-state index contributed by atoms with van der Waals surface area (Å²) >= 11 is 0. The molecular formula is C12H19N3O6. The summed E-state index contributed by atoms with van der Waals surface area (Å²) in [6.45, 7) is -0.698. The summed E-state index contributed by atoms with van der Waals surface area (Å²) in [4.78, 5) is 15.4. The number of hydrogen-bond acceptors (Lipinski definition) is 8. The summed E-state index contributed by atoms with van der Waals surface area (Å²) in [5.41, 5.74) is 3.60. The molecule has 118 valence electrons. The van der Waals surface area contributed by atoms with E-state index < -0.39 is 23.5 Å². The molecule has 2 heterocycles. The van der Waals surface area contributed by atoms with Gasteiger partial charge in [0, 0.05) is 6.20 Å². The number of rotatable bonds is 6. The molecule has 3 atom stereocenters. The summed E-state index contributed by atoms with van der Waals surface area (Å²) in [6, 6.07) is 1.45. The second-order valence-electron chi connectivity index (χ2n) is 4.88. The Morgan fingerprint density at radius 3 is 2.90 bits per heavy atom. The number of ether oxygens (including phenoxy) is 2. The van der Waals surface area contributed by atoms with Gasteiger partial charge in [-0.1, -0.05) is 0 Å². The molecule has 0 spiro atoms. The first-order chi connectivity index (χ1) is 10.0. The van der Waals surface area contributed by atoms with Gasteiger partial charge >= 0.3 is 5.69 Å². The van der Waals surface area contributed by atoms with Gasteiger partial charge in [-0.3, -0.25) is 4.57 Å². The standard InChI is InChI=1S/C12H19N3O6/c13-9-1-2-15(11(19)14-9)6-12(21-4-3-16)7-20-8(5-17)10(12)18/h1-2,8,10,16-18H,3-7H2,(H2,13,14,19)/t8-,10?,12?/m1/s1. The van der Waals surface area contributed by atoms with Crippen LogP contribution in [0.2, 0.25) is 0 Å². The number of nitrogen functional groups attached to an aromatic ring is 1. The minimum Gasteiger partial charge on any atom is -0.394 e. The van der Waals surface area contributed by atoms with E-state index in [1.165, 1.54) is 16.8 Å². The smallest absolute Gasteiger partial charge is 0.349 e. The summed E-state index contributed by atoms with van der Waals surface area (Å²) in [5, 5.41) is 28.4. The zero-order valence-corrected chi connectivity index (χ0v) is 11.4. The van der Waals surface area contributed by atoms with Crippen molar-refractivity contribution in [1.29, 1.82) is 0 Å². The molecule has 9 nitrogen and oxygen atoms in total. The lowest BCUT2D eigenvalue weighted by Gasteiger charge is -2.32. The molecule has 1 aliphatic rings. The maximum absolute atomic E-state index is 11.8. The molecule has 1 aromatic rings. The van der Waals surface area contributed by atoms with Crippen molar-refractivity contribution in [3.63, 3.8) is 0 Å². The van der Waals surface area contributed by atoms with Crippen molar-refractivity contribution >= 4 is 5.82 Å². The van der Waals surface area contributed by atoms with Gasteiger partial charge in [0.25, 0.3) is 0 Å². The fourth-order valence-electron chi connectivity index (χ4n) is 2.33. The molecule has 1 fully saturated rings. The molecule has 9 heteroatoms. The van der Waals surface area contributed by atoms with Crippen molar-refractivity contribution in [2.24, 2.45) is 0 Å². The van der Waals surface area contributed by atoms with E-state index in [9.17, 15) is 9.90 Å². The molecule has 1 aliphatic heterocycles. The molecule has 0 radical (unpaired) electrons. The molecule has 5 N–H and O–H groups in total. The largest absolute Gasteiger partial charge is 0.394 e. The number of hydrogen-bond donors (Lipinski definition) is 4. The van der Waals surface area contributed by atoms with Gasteiger partial charge in [0.2, 0.25) is 0 Å². The van der Waals surface area contributed by atoms with Crippen LogP contribution < -0.4 is 11.4 Å². The van der Waals surface area contributed by atoms with E-state index in [0.717, 1.165) is 0 Å². The summed E-state index contributed by atoms with van der Waals surface area (Å²) in [5.74, 6) is 0.0954. The fourth-order valence-corrected chi connectivity index (χ4v) is 2.33. The van der Waals surface area contributed by atoms with Crippen LogP contribution in [0.15, 0.2) is 17.1 Å². The third-order valence-corrected chi connectivity index (χ3v) is 3.43. The van der Waals surface area contributed by atoms with Gasteiger partial charge in [0.05, 0.1) is 33.0 Å². The quantitative estimate of drug-likeness (QED) is 0.446. The Balaban J connectivity index is 2.26. The van der Waals surface area contributed by atoms with Gasteiger partial charge < -0.3 is 30.5 Å². The highest BCUT2D eigenvalue weighted by molar-refractivity contribution is 5.23. The van der Waals surface area contributed by atoms with E-state index in [1.54, 1.807) is 0 Å². The maximum Gasteiger partial charge on any atom is 0.349 e. The molecule has 2 rings (SSSR count). The lowest BCUT2D eigenvalue weighted by molar-refractivity contribution is -0.121. The highest BCUT2D eigenvalue weighted by Gasteiger charge is 2.50. The number of anilines is 1. The number of aromatic nitrogens is 2. The van der Waals surface area contributed by atoms with E-state index in [0.29, 0.717) is 0 Å². The predicted molar refractivity (Wildman–Crippen MR) is 71.5 cm³/mol. The van der Waals surface area contributed by atoms with Crippen LogP contribution >= 0.6 is 0 Å². The van der Waals surface area contributed by atoms with E-state index in [-0.39, 0.29) is 38.8 Å². The van der Waals surface area contributed by atoms with Gasteiger partial charge in [-0.15, -0.1) is 0 Å². The van der Waals surface area contributed by atoms with Crippen LogP contribution in [0.1, 0.15) is 0 Å². The minimum atomic E-state index is -1.24. The number of aliphatic hydroxyl groups is 3. The first-order valence-electron chi connectivity index (χ1n) is 6.51. The van der Waals surface area contributed by atoms with Gasteiger partial charge in [-0.05, 0) is 6.07 Å². The molecule has 0 bridgehead atoms. The second kappa shape index (κ2) is 6.50. The molecule has 0 aromatic carbocycles. The molecule has 21 heavy (non-hydrogen) atoms. The molecule has 0 saturated carbocycles.